The van der Waals surface area contributed by atoms with Crippen LogP contribution in [-0.2, 0) is 11.2 Å². The predicted octanol–water partition coefficient (Wildman–Crippen LogP) is 3.15. The van der Waals surface area contributed by atoms with Crippen LogP contribution < -0.4 is 0 Å². The Morgan fingerprint density at radius 1 is 1.21 bits per heavy atom. The number of furan rings is 2. The normalized spacial score (nSPS) is 13.1. The zero-order chi connectivity index (χ0) is 13.6. The Kier molecular flexibility index (Phi) is 2.48. The Balaban J connectivity index is 2.29. The number of phenolic OH excluding ortho intramolecular Hbond substituents is 1. The molecule has 3 rings (SSSR count). The van der Waals surface area contributed by atoms with Gasteiger partial charge in [0.15, 0.2) is 11.3 Å². The van der Waals surface area contributed by atoms with Gasteiger partial charge in [-0.15, -0.1) is 0 Å². The summed E-state index contributed by atoms with van der Waals surface area (Å²) < 4.78 is 10.7. The van der Waals surface area contributed by atoms with Gasteiger partial charge < -0.3 is 19.0 Å². The smallest absolute Gasteiger partial charge is 0.306 e. The van der Waals surface area contributed by atoms with Crippen LogP contribution in [-0.4, -0.2) is 16.2 Å². The second-order valence-corrected chi connectivity index (χ2v) is 4.60. The Morgan fingerprint density at radius 2 is 1.84 bits per heavy atom. The Bertz CT molecular complexity index is 713. The summed E-state index contributed by atoms with van der Waals surface area (Å²) in [5.41, 5.74) is 1.62. The highest BCUT2D eigenvalue weighted by molar-refractivity contribution is 6.04. The molecule has 0 saturated carbocycles. The van der Waals surface area contributed by atoms with Gasteiger partial charge in [0.25, 0.3) is 0 Å². The van der Waals surface area contributed by atoms with Gasteiger partial charge in [-0.1, -0.05) is 6.92 Å². The number of rotatable bonds is 3. The lowest BCUT2D eigenvalue weighted by molar-refractivity contribution is -0.141. The molecule has 0 radical (unpaired) electrons. The molecule has 1 atom stereocenters. The molecule has 2 aromatic heterocycles. The summed E-state index contributed by atoms with van der Waals surface area (Å²) in [6.07, 6.45) is 3.26. The van der Waals surface area contributed by atoms with Crippen molar-refractivity contribution in [2.24, 2.45) is 5.92 Å². The van der Waals surface area contributed by atoms with Gasteiger partial charge in [0.2, 0.25) is 0 Å². The van der Waals surface area contributed by atoms with E-state index in [1.807, 2.05) is 0 Å². The number of benzene rings is 1. The highest BCUT2D eigenvalue weighted by atomic mass is 16.4. The van der Waals surface area contributed by atoms with Crippen molar-refractivity contribution in [3.8, 4) is 5.75 Å². The molecule has 0 spiro atoms. The molecule has 0 aliphatic carbocycles. The van der Waals surface area contributed by atoms with Gasteiger partial charge in [-0.25, -0.2) is 0 Å². The molecule has 0 fully saturated rings. The van der Waals surface area contributed by atoms with E-state index < -0.39 is 11.9 Å². The lowest BCUT2D eigenvalue weighted by atomic mass is 9.96. The average molecular weight is 260 g/mol. The van der Waals surface area contributed by atoms with E-state index in [9.17, 15) is 9.90 Å². The van der Waals surface area contributed by atoms with Crippen molar-refractivity contribution >= 4 is 27.9 Å². The van der Waals surface area contributed by atoms with Crippen LogP contribution in [0.2, 0.25) is 0 Å². The molecule has 0 saturated heterocycles. The topological polar surface area (TPSA) is 83.8 Å². The SMILES string of the molecule is CC(Cc1c2ccoc2c(O)c2ccoc12)C(=O)O. The molecule has 0 bridgehead atoms. The summed E-state index contributed by atoms with van der Waals surface area (Å²) in [5, 5.41) is 20.4. The van der Waals surface area contributed by atoms with Crippen LogP contribution >= 0.6 is 0 Å². The van der Waals surface area contributed by atoms with Crippen molar-refractivity contribution in [2.75, 3.05) is 0 Å². The van der Waals surface area contributed by atoms with Crippen LogP contribution in [0.4, 0.5) is 0 Å². The molecule has 5 nitrogen and oxygen atoms in total. The minimum Gasteiger partial charge on any atom is -0.504 e. The summed E-state index contributed by atoms with van der Waals surface area (Å²) in [6.45, 7) is 1.63. The molecule has 2 N–H and O–H groups in total. The quantitative estimate of drug-likeness (QED) is 0.755. The van der Waals surface area contributed by atoms with E-state index >= 15 is 0 Å². The predicted molar refractivity (Wildman–Crippen MR) is 68.2 cm³/mol. The zero-order valence-corrected chi connectivity index (χ0v) is 10.2. The molecular weight excluding hydrogens is 248 g/mol. The molecular formula is C14H12O5. The van der Waals surface area contributed by atoms with Crippen LogP contribution in [0, 0.1) is 5.92 Å². The fourth-order valence-corrected chi connectivity index (χ4v) is 2.30. The minimum atomic E-state index is -0.871. The second-order valence-electron chi connectivity index (χ2n) is 4.60. The average Bonchev–Trinajstić information content (AvgIpc) is 3.02. The molecule has 1 aromatic carbocycles. The molecule has 1 unspecified atom stereocenters. The van der Waals surface area contributed by atoms with Crippen molar-refractivity contribution in [1.29, 1.82) is 0 Å². The van der Waals surface area contributed by atoms with Crippen molar-refractivity contribution in [1.82, 2.24) is 0 Å². The van der Waals surface area contributed by atoms with E-state index in [0.717, 1.165) is 5.56 Å². The first-order valence-electron chi connectivity index (χ1n) is 5.90. The third-order valence-electron chi connectivity index (χ3n) is 3.33. The standard InChI is InChI=1S/C14H12O5/c1-7(14(16)17)6-10-8-2-4-19-13(8)11(15)9-3-5-18-12(9)10/h2-5,7,15H,6H2,1H3,(H,16,17). The number of hydrogen-bond acceptors (Lipinski definition) is 4. The fourth-order valence-electron chi connectivity index (χ4n) is 2.30. The van der Waals surface area contributed by atoms with Crippen LogP contribution in [0.25, 0.3) is 21.9 Å². The van der Waals surface area contributed by atoms with Crippen molar-refractivity contribution in [3.05, 3.63) is 30.2 Å². The number of aliphatic carboxylic acids is 1. The van der Waals surface area contributed by atoms with Crippen LogP contribution in [0.5, 0.6) is 5.75 Å². The molecule has 0 aliphatic heterocycles. The zero-order valence-electron chi connectivity index (χ0n) is 10.2. The number of aromatic hydroxyl groups is 1. The maximum absolute atomic E-state index is 11.0. The van der Waals surface area contributed by atoms with Crippen LogP contribution in [0.15, 0.2) is 33.5 Å². The third kappa shape index (κ3) is 1.66. The maximum Gasteiger partial charge on any atom is 0.306 e. The second kappa shape index (κ2) is 4.05. The monoisotopic (exact) mass is 260 g/mol. The summed E-state index contributed by atoms with van der Waals surface area (Å²) in [6, 6.07) is 3.35. The third-order valence-corrected chi connectivity index (χ3v) is 3.33. The van der Waals surface area contributed by atoms with Gasteiger partial charge in [-0.05, 0) is 18.6 Å². The van der Waals surface area contributed by atoms with Gasteiger partial charge in [0.1, 0.15) is 5.58 Å². The fraction of sp³-hybridized carbons (Fsp3) is 0.214. The van der Waals surface area contributed by atoms with E-state index in [1.165, 1.54) is 12.5 Å². The number of hydrogen-bond donors (Lipinski definition) is 2. The summed E-state index contributed by atoms with van der Waals surface area (Å²) in [7, 11) is 0. The number of carboxylic acid groups (broad SMARTS) is 1. The molecule has 19 heavy (non-hydrogen) atoms. The van der Waals surface area contributed by atoms with E-state index in [2.05, 4.69) is 0 Å². The number of carbonyl (C=O) groups is 1. The lowest BCUT2D eigenvalue weighted by Gasteiger charge is -2.09. The number of carboxylic acids is 1. The van der Waals surface area contributed by atoms with Crippen molar-refractivity contribution < 1.29 is 23.8 Å². The van der Waals surface area contributed by atoms with Gasteiger partial charge in [0.05, 0.1) is 23.8 Å². The van der Waals surface area contributed by atoms with Gasteiger partial charge in [0, 0.05) is 10.9 Å². The molecule has 98 valence electrons. The Hall–Kier alpha value is -2.43. The number of phenols is 1. The summed E-state index contributed by atoms with van der Waals surface area (Å²) >= 11 is 0. The molecule has 0 amide bonds. The highest BCUT2D eigenvalue weighted by Crippen LogP contribution is 2.39. The van der Waals surface area contributed by atoms with Gasteiger partial charge in [-0.2, -0.15) is 0 Å². The van der Waals surface area contributed by atoms with Gasteiger partial charge >= 0.3 is 5.97 Å². The van der Waals surface area contributed by atoms with Crippen LogP contribution in [0.1, 0.15) is 12.5 Å². The highest BCUT2D eigenvalue weighted by Gasteiger charge is 2.21. The molecule has 3 aromatic rings. The van der Waals surface area contributed by atoms with E-state index in [1.54, 1.807) is 19.1 Å². The first kappa shape index (κ1) is 11.6. The Labute approximate surface area is 108 Å². The van der Waals surface area contributed by atoms with E-state index in [-0.39, 0.29) is 5.75 Å². The van der Waals surface area contributed by atoms with E-state index in [4.69, 9.17) is 13.9 Å². The molecule has 0 aliphatic rings. The largest absolute Gasteiger partial charge is 0.504 e. The van der Waals surface area contributed by atoms with Crippen molar-refractivity contribution in [2.45, 2.75) is 13.3 Å². The number of fused-ring (bicyclic) bond motifs is 2. The van der Waals surface area contributed by atoms with Gasteiger partial charge in [-0.3, -0.25) is 4.79 Å². The summed E-state index contributed by atoms with van der Waals surface area (Å²) in [5.74, 6) is -1.39. The maximum atomic E-state index is 11.0. The molecule has 5 heteroatoms. The summed E-state index contributed by atoms with van der Waals surface area (Å²) in [4.78, 5) is 11.0. The van der Waals surface area contributed by atoms with Crippen molar-refractivity contribution in [3.63, 3.8) is 0 Å². The minimum absolute atomic E-state index is 0.0236. The first-order valence-corrected chi connectivity index (χ1v) is 5.90. The lowest BCUT2D eigenvalue weighted by Crippen LogP contribution is -2.12. The molecule has 2 heterocycles. The van der Waals surface area contributed by atoms with E-state index in [0.29, 0.717) is 28.4 Å². The Morgan fingerprint density at radius 3 is 2.53 bits per heavy atom. The first-order chi connectivity index (χ1) is 9.09. The van der Waals surface area contributed by atoms with Crippen LogP contribution in [0.3, 0.4) is 0 Å².